The second-order valence-corrected chi connectivity index (χ2v) is 5.55. The maximum Gasteiger partial charge on any atom is 0.573 e. The molecule has 0 aliphatic carbocycles. The summed E-state index contributed by atoms with van der Waals surface area (Å²) in [5, 5.41) is 5.98. The summed E-state index contributed by atoms with van der Waals surface area (Å²) < 4.78 is 66.0. The lowest BCUT2D eigenvalue weighted by Crippen LogP contribution is -2.24. The summed E-state index contributed by atoms with van der Waals surface area (Å²) >= 11 is 0. The van der Waals surface area contributed by atoms with E-state index in [9.17, 15) is 21.6 Å². The van der Waals surface area contributed by atoms with Crippen molar-refractivity contribution in [3.8, 4) is 5.75 Å². The van der Waals surface area contributed by atoms with Gasteiger partial charge in [0.2, 0.25) is 10.0 Å². The minimum atomic E-state index is -4.89. The summed E-state index contributed by atoms with van der Waals surface area (Å²) in [6.07, 6.45) is -3.70. The van der Waals surface area contributed by atoms with Gasteiger partial charge < -0.3 is 4.74 Å². The number of benzene rings is 1. The molecular formula is C10H9F3N4O3S. The van der Waals surface area contributed by atoms with Crippen molar-refractivity contribution in [1.29, 1.82) is 0 Å². The van der Waals surface area contributed by atoms with E-state index in [0.29, 0.717) is 0 Å². The van der Waals surface area contributed by atoms with Gasteiger partial charge in [0, 0.05) is 6.07 Å². The molecule has 2 rings (SSSR count). The van der Waals surface area contributed by atoms with Crippen molar-refractivity contribution in [3.05, 3.63) is 36.4 Å². The third-order valence-electron chi connectivity index (χ3n) is 2.24. The van der Waals surface area contributed by atoms with Crippen molar-refractivity contribution in [2.45, 2.75) is 17.8 Å². The maximum absolute atomic E-state index is 12.1. The Morgan fingerprint density at radius 1 is 1.33 bits per heavy atom. The molecule has 21 heavy (non-hydrogen) atoms. The smallest absolute Gasteiger partial charge is 0.406 e. The average Bonchev–Trinajstić information content (AvgIpc) is 2.88. The first-order chi connectivity index (χ1) is 9.76. The molecule has 1 heterocycles. The summed E-state index contributed by atoms with van der Waals surface area (Å²) in [4.78, 5) is 3.35. The molecule has 0 aliphatic heterocycles. The van der Waals surface area contributed by atoms with Gasteiger partial charge in [0.15, 0.2) is 0 Å². The number of hydrogen-bond acceptors (Lipinski definition) is 5. The van der Waals surface area contributed by atoms with Gasteiger partial charge in [0.25, 0.3) is 0 Å². The summed E-state index contributed by atoms with van der Waals surface area (Å²) in [7, 11) is -4.00. The zero-order valence-corrected chi connectivity index (χ0v) is 11.1. The second kappa shape index (κ2) is 5.69. The van der Waals surface area contributed by atoms with Gasteiger partial charge in [0.1, 0.15) is 17.9 Å². The lowest BCUT2D eigenvalue weighted by Gasteiger charge is -2.10. The Labute approximate surface area is 117 Å². The van der Waals surface area contributed by atoms with Crippen LogP contribution in [-0.2, 0) is 16.6 Å². The van der Waals surface area contributed by atoms with Gasteiger partial charge in [-0.15, -0.1) is 13.2 Å². The van der Waals surface area contributed by atoms with Gasteiger partial charge in [-0.3, -0.25) is 5.10 Å². The van der Waals surface area contributed by atoms with Crippen LogP contribution < -0.4 is 9.46 Å². The monoisotopic (exact) mass is 322 g/mol. The summed E-state index contributed by atoms with van der Waals surface area (Å²) in [6.45, 7) is -0.174. The molecule has 2 aromatic rings. The standard InChI is InChI=1S/C10H9F3N4O3S/c11-10(12,13)20-7-2-1-3-8(4-7)21(18,19)16-5-9-14-6-15-17-9/h1-4,6,16H,5H2,(H,14,15,17). The van der Waals surface area contributed by atoms with Crippen LogP contribution in [0.5, 0.6) is 5.75 Å². The number of nitrogens with zero attached hydrogens (tertiary/aromatic N) is 2. The Morgan fingerprint density at radius 3 is 2.71 bits per heavy atom. The molecule has 11 heteroatoms. The van der Waals surface area contributed by atoms with Crippen LogP contribution in [-0.4, -0.2) is 30.0 Å². The van der Waals surface area contributed by atoms with E-state index in [2.05, 4.69) is 24.6 Å². The molecule has 1 aromatic carbocycles. The van der Waals surface area contributed by atoms with Gasteiger partial charge in [-0.25, -0.2) is 18.1 Å². The fraction of sp³-hybridized carbons (Fsp3) is 0.200. The largest absolute Gasteiger partial charge is 0.573 e. The highest BCUT2D eigenvalue weighted by Gasteiger charge is 2.31. The number of rotatable bonds is 5. The molecule has 0 spiro atoms. The highest BCUT2D eigenvalue weighted by atomic mass is 32.2. The van der Waals surface area contributed by atoms with Gasteiger partial charge in [-0.2, -0.15) is 5.10 Å². The summed E-state index contributed by atoms with van der Waals surface area (Å²) in [5.74, 6) is -0.355. The van der Waals surface area contributed by atoms with Crippen molar-refractivity contribution in [1.82, 2.24) is 19.9 Å². The highest BCUT2D eigenvalue weighted by Crippen LogP contribution is 2.24. The van der Waals surface area contributed by atoms with Crippen molar-refractivity contribution in [2.75, 3.05) is 0 Å². The number of alkyl halides is 3. The van der Waals surface area contributed by atoms with E-state index in [0.717, 1.165) is 24.3 Å². The average molecular weight is 322 g/mol. The fourth-order valence-corrected chi connectivity index (χ4v) is 2.42. The normalized spacial score (nSPS) is 12.3. The number of ether oxygens (including phenoxy) is 1. The minimum absolute atomic E-state index is 0.174. The Hall–Kier alpha value is -2.14. The van der Waals surface area contributed by atoms with Gasteiger partial charge in [0.05, 0.1) is 11.4 Å². The van der Waals surface area contributed by atoms with Crippen molar-refractivity contribution in [2.24, 2.45) is 0 Å². The van der Waals surface area contributed by atoms with Crippen LogP contribution in [0.3, 0.4) is 0 Å². The topological polar surface area (TPSA) is 97.0 Å². The Kier molecular flexibility index (Phi) is 4.14. The number of hydrogen-bond donors (Lipinski definition) is 2. The minimum Gasteiger partial charge on any atom is -0.406 e. The first-order valence-electron chi connectivity index (χ1n) is 5.46. The first kappa shape index (κ1) is 15.3. The van der Waals surface area contributed by atoms with E-state index in [4.69, 9.17) is 0 Å². The maximum atomic E-state index is 12.1. The van der Waals surface area contributed by atoms with Crippen LogP contribution >= 0.6 is 0 Å². The van der Waals surface area contributed by atoms with Crippen LogP contribution in [0, 0.1) is 0 Å². The molecule has 0 radical (unpaired) electrons. The molecule has 0 saturated heterocycles. The third-order valence-corrected chi connectivity index (χ3v) is 3.64. The zero-order chi connectivity index (χ0) is 15.5. The van der Waals surface area contributed by atoms with Crippen LogP contribution in [0.4, 0.5) is 13.2 Å². The van der Waals surface area contributed by atoms with E-state index in [1.165, 1.54) is 6.33 Å². The molecular weight excluding hydrogens is 313 g/mol. The van der Waals surface area contributed by atoms with Crippen molar-refractivity contribution in [3.63, 3.8) is 0 Å². The quantitative estimate of drug-likeness (QED) is 0.861. The SMILES string of the molecule is O=S(=O)(NCc1ncn[nH]1)c1cccc(OC(F)(F)F)c1. The Balaban J connectivity index is 2.14. The first-order valence-corrected chi connectivity index (χ1v) is 6.94. The number of H-pyrrole nitrogens is 1. The number of sulfonamides is 1. The van der Waals surface area contributed by atoms with Crippen LogP contribution in [0.1, 0.15) is 5.82 Å². The molecule has 114 valence electrons. The number of aromatic nitrogens is 3. The Morgan fingerprint density at radius 2 is 2.10 bits per heavy atom. The molecule has 0 fully saturated rings. The molecule has 1 aromatic heterocycles. The number of nitrogens with one attached hydrogen (secondary N) is 2. The van der Waals surface area contributed by atoms with Gasteiger partial charge in [-0.1, -0.05) is 6.07 Å². The number of halogens is 3. The third kappa shape index (κ3) is 4.43. The molecule has 0 aliphatic rings. The molecule has 7 nitrogen and oxygen atoms in total. The van der Waals surface area contributed by atoms with E-state index in [-0.39, 0.29) is 17.3 Å². The summed E-state index contributed by atoms with van der Waals surface area (Å²) in [6, 6.07) is 4.06. The molecule has 2 N–H and O–H groups in total. The van der Waals surface area contributed by atoms with Crippen LogP contribution in [0.2, 0.25) is 0 Å². The lowest BCUT2D eigenvalue weighted by atomic mass is 10.3. The molecule has 0 saturated carbocycles. The number of aromatic amines is 1. The molecule has 0 bridgehead atoms. The van der Waals surface area contributed by atoms with Crippen molar-refractivity contribution >= 4 is 10.0 Å². The highest BCUT2D eigenvalue weighted by molar-refractivity contribution is 7.89. The fourth-order valence-electron chi connectivity index (χ4n) is 1.40. The molecule has 0 amide bonds. The van der Waals surface area contributed by atoms with E-state index in [1.54, 1.807) is 0 Å². The van der Waals surface area contributed by atoms with E-state index >= 15 is 0 Å². The van der Waals surface area contributed by atoms with Gasteiger partial charge >= 0.3 is 6.36 Å². The van der Waals surface area contributed by atoms with E-state index in [1.807, 2.05) is 0 Å². The molecule has 0 unspecified atom stereocenters. The summed E-state index contributed by atoms with van der Waals surface area (Å²) in [5.41, 5.74) is 0. The zero-order valence-electron chi connectivity index (χ0n) is 10.3. The van der Waals surface area contributed by atoms with Crippen LogP contribution in [0.15, 0.2) is 35.5 Å². The van der Waals surface area contributed by atoms with Crippen molar-refractivity contribution < 1.29 is 26.3 Å². The lowest BCUT2D eigenvalue weighted by molar-refractivity contribution is -0.274. The second-order valence-electron chi connectivity index (χ2n) is 3.78. The predicted octanol–water partition coefficient (Wildman–Crippen LogP) is 1.18. The predicted molar refractivity (Wildman–Crippen MR) is 63.5 cm³/mol. The molecule has 0 atom stereocenters. The van der Waals surface area contributed by atoms with Gasteiger partial charge in [-0.05, 0) is 12.1 Å². The van der Waals surface area contributed by atoms with E-state index < -0.39 is 22.1 Å². The van der Waals surface area contributed by atoms with Crippen LogP contribution in [0.25, 0.3) is 0 Å². The Bertz CT molecular complexity index is 701.